The molecule has 0 spiro atoms. The van der Waals surface area contributed by atoms with Crippen molar-refractivity contribution in [2.75, 3.05) is 5.32 Å². The van der Waals surface area contributed by atoms with Gasteiger partial charge in [0.2, 0.25) is 5.91 Å². The number of hydrogen-bond donors (Lipinski definition) is 2. The van der Waals surface area contributed by atoms with Gasteiger partial charge in [-0.25, -0.2) is 0 Å². The first-order chi connectivity index (χ1) is 11.5. The summed E-state index contributed by atoms with van der Waals surface area (Å²) in [6.45, 7) is 1.64. The van der Waals surface area contributed by atoms with Gasteiger partial charge in [0.25, 0.3) is 0 Å². The average Bonchev–Trinajstić information content (AvgIpc) is 2.97. The minimum atomic E-state index is -0.874. The van der Waals surface area contributed by atoms with Gasteiger partial charge in [-0.15, -0.1) is 0 Å². The minimum absolute atomic E-state index is 0.0307. The van der Waals surface area contributed by atoms with Crippen LogP contribution in [0.4, 0.5) is 5.69 Å². The average molecular weight is 323 g/mol. The Bertz CT molecular complexity index is 769. The molecule has 0 fully saturated rings. The lowest BCUT2D eigenvalue weighted by molar-refractivity contribution is -0.138. The minimum Gasteiger partial charge on any atom is -0.481 e. The fourth-order valence-electron chi connectivity index (χ4n) is 3.32. The number of fused-ring (bicyclic) bond motifs is 1. The summed E-state index contributed by atoms with van der Waals surface area (Å²) in [7, 11) is 0. The van der Waals surface area contributed by atoms with E-state index in [1.165, 1.54) is 11.1 Å². The molecule has 2 aromatic carbocycles. The van der Waals surface area contributed by atoms with E-state index < -0.39 is 11.9 Å². The maximum Gasteiger partial charge on any atom is 0.310 e. The van der Waals surface area contributed by atoms with Crippen LogP contribution in [0.25, 0.3) is 0 Å². The Morgan fingerprint density at radius 1 is 1.21 bits per heavy atom. The molecule has 0 heterocycles. The van der Waals surface area contributed by atoms with Gasteiger partial charge in [0.15, 0.2) is 0 Å². The molecule has 4 heteroatoms. The predicted octanol–water partition coefficient (Wildman–Crippen LogP) is 3.93. The normalized spacial score (nSPS) is 17.1. The quantitative estimate of drug-likeness (QED) is 0.876. The molecule has 2 aromatic rings. The molecule has 0 bridgehead atoms. The molecule has 124 valence electrons. The van der Waals surface area contributed by atoms with Crippen molar-refractivity contribution in [2.24, 2.45) is 0 Å². The number of amides is 1. The molecule has 24 heavy (non-hydrogen) atoms. The Kier molecular flexibility index (Phi) is 4.65. The summed E-state index contributed by atoms with van der Waals surface area (Å²) in [5.41, 5.74) is 3.96. The van der Waals surface area contributed by atoms with E-state index in [9.17, 15) is 9.59 Å². The number of carbonyl (C=O) groups excluding carboxylic acids is 1. The van der Waals surface area contributed by atoms with E-state index in [1.807, 2.05) is 12.1 Å². The van der Waals surface area contributed by atoms with Crippen molar-refractivity contribution in [1.82, 2.24) is 0 Å². The second-order valence-electron chi connectivity index (χ2n) is 6.37. The summed E-state index contributed by atoms with van der Waals surface area (Å²) in [5, 5.41) is 12.0. The lowest BCUT2D eigenvalue weighted by Gasteiger charge is -2.13. The van der Waals surface area contributed by atoms with Crippen LogP contribution in [0.1, 0.15) is 48.3 Å². The second kappa shape index (κ2) is 6.87. The van der Waals surface area contributed by atoms with Crippen molar-refractivity contribution in [1.29, 1.82) is 0 Å². The van der Waals surface area contributed by atoms with Crippen molar-refractivity contribution < 1.29 is 14.7 Å². The third kappa shape index (κ3) is 3.48. The third-order valence-electron chi connectivity index (χ3n) is 4.73. The summed E-state index contributed by atoms with van der Waals surface area (Å²) in [4.78, 5) is 23.5. The number of anilines is 1. The van der Waals surface area contributed by atoms with E-state index in [4.69, 9.17) is 5.11 Å². The molecular weight excluding hydrogens is 302 g/mol. The Labute approximate surface area is 141 Å². The van der Waals surface area contributed by atoms with Gasteiger partial charge in [-0.1, -0.05) is 36.4 Å². The summed E-state index contributed by atoms with van der Waals surface area (Å²) >= 11 is 0. The lowest BCUT2D eigenvalue weighted by atomic mass is 9.97. The highest BCUT2D eigenvalue weighted by Crippen LogP contribution is 2.35. The number of carboxylic acids is 1. The fraction of sp³-hybridized carbons (Fsp3) is 0.300. The lowest BCUT2D eigenvalue weighted by Crippen LogP contribution is -2.15. The molecule has 0 saturated carbocycles. The maximum absolute atomic E-state index is 12.4. The van der Waals surface area contributed by atoms with Crippen LogP contribution >= 0.6 is 0 Å². The van der Waals surface area contributed by atoms with Crippen molar-refractivity contribution in [2.45, 2.75) is 38.0 Å². The SMILES string of the molecule is CC(C(=O)O)c1cccc(NC(=O)CC2CCc3ccccc32)c1. The monoisotopic (exact) mass is 323 g/mol. The molecule has 1 amide bonds. The number of aryl methyl sites for hydroxylation is 1. The van der Waals surface area contributed by atoms with Gasteiger partial charge >= 0.3 is 5.97 Å². The number of nitrogens with one attached hydrogen (secondary N) is 1. The van der Waals surface area contributed by atoms with Crippen molar-refractivity contribution in [3.05, 3.63) is 65.2 Å². The maximum atomic E-state index is 12.4. The number of carbonyl (C=O) groups is 2. The molecule has 1 aliphatic carbocycles. The van der Waals surface area contributed by atoms with Gasteiger partial charge < -0.3 is 10.4 Å². The van der Waals surface area contributed by atoms with Crippen LogP contribution in [0.2, 0.25) is 0 Å². The predicted molar refractivity (Wildman–Crippen MR) is 93.2 cm³/mol. The molecule has 0 aliphatic heterocycles. The Morgan fingerprint density at radius 2 is 2.00 bits per heavy atom. The fourth-order valence-corrected chi connectivity index (χ4v) is 3.32. The first-order valence-electron chi connectivity index (χ1n) is 8.25. The van der Waals surface area contributed by atoms with E-state index in [0.29, 0.717) is 17.7 Å². The first-order valence-corrected chi connectivity index (χ1v) is 8.25. The summed E-state index contributed by atoms with van der Waals surface area (Å²) in [6, 6.07) is 15.4. The van der Waals surface area contributed by atoms with Gasteiger partial charge in [0.05, 0.1) is 5.92 Å². The molecule has 2 N–H and O–H groups in total. The highest BCUT2D eigenvalue weighted by atomic mass is 16.4. The molecule has 0 radical (unpaired) electrons. The topological polar surface area (TPSA) is 66.4 Å². The molecule has 0 saturated heterocycles. The molecule has 0 aromatic heterocycles. The van der Waals surface area contributed by atoms with E-state index in [0.717, 1.165) is 12.8 Å². The second-order valence-corrected chi connectivity index (χ2v) is 6.37. The Balaban J connectivity index is 1.66. The van der Waals surface area contributed by atoms with E-state index in [-0.39, 0.29) is 11.8 Å². The zero-order valence-corrected chi connectivity index (χ0v) is 13.7. The molecule has 2 atom stereocenters. The summed E-state index contributed by atoms with van der Waals surface area (Å²) in [6.07, 6.45) is 2.48. The standard InChI is InChI=1S/C20H21NO3/c1-13(20(23)24)15-6-4-7-17(11-15)21-19(22)12-16-10-9-14-5-2-3-8-18(14)16/h2-8,11,13,16H,9-10,12H2,1H3,(H,21,22)(H,23,24). The van der Waals surface area contributed by atoms with Crippen LogP contribution < -0.4 is 5.32 Å². The first kappa shape index (κ1) is 16.2. The molecule has 2 unspecified atom stereocenters. The molecular formula is C20H21NO3. The van der Waals surface area contributed by atoms with Gasteiger partial charge in [0.1, 0.15) is 0 Å². The third-order valence-corrected chi connectivity index (χ3v) is 4.73. The van der Waals surface area contributed by atoms with Gasteiger partial charge in [-0.3, -0.25) is 9.59 Å². The van der Waals surface area contributed by atoms with Crippen LogP contribution in [0.15, 0.2) is 48.5 Å². The largest absolute Gasteiger partial charge is 0.481 e. The number of carboxylic acid groups (broad SMARTS) is 1. The van der Waals surface area contributed by atoms with Crippen molar-refractivity contribution >= 4 is 17.6 Å². The van der Waals surface area contributed by atoms with Crippen molar-refractivity contribution in [3.63, 3.8) is 0 Å². The van der Waals surface area contributed by atoms with Gasteiger partial charge in [0, 0.05) is 12.1 Å². The molecule has 4 nitrogen and oxygen atoms in total. The molecule has 3 rings (SSSR count). The van der Waals surface area contributed by atoms with Gasteiger partial charge in [-0.2, -0.15) is 0 Å². The zero-order chi connectivity index (χ0) is 17.1. The number of hydrogen-bond acceptors (Lipinski definition) is 2. The number of benzene rings is 2. The zero-order valence-electron chi connectivity index (χ0n) is 13.7. The van der Waals surface area contributed by atoms with Gasteiger partial charge in [-0.05, 0) is 54.5 Å². The van der Waals surface area contributed by atoms with Crippen LogP contribution in [-0.4, -0.2) is 17.0 Å². The van der Waals surface area contributed by atoms with Crippen LogP contribution in [0, 0.1) is 0 Å². The van der Waals surface area contributed by atoms with E-state index in [2.05, 4.69) is 17.4 Å². The highest BCUT2D eigenvalue weighted by molar-refractivity contribution is 5.91. The smallest absolute Gasteiger partial charge is 0.310 e. The summed E-state index contributed by atoms with van der Waals surface area (Å²) < 4.78 is 0. The van der Waals surface area contributed by atoms with E-state index in [1.54, 1.807) is 31.2 Å². The number of aliphatic carboxylic acids is 1. The van der Waals surface area contributed by atoms with Crippen LogP contribution in [0.5, 0.6) is 0 Å². The van der Waals surface area contributed by atoms with Crippen LogP contribution in [-0.2, 0) is 16.0 Å². The molecule has 1 aliphatic rings. The Morgan fingerprint density at radius 3 is 2.79 bits per heavy atom. The Hall–Kier alpha value is -2.62. The summed E-state index contributed by atoms with van der Waals surface area (Å²) in [5.74, 6) is -1.23. The van der Waals surface area contributed by atoms with Crippen molar-refractivity contribution in [3.8, 4) is 0 Å². The van der Waals surface area contributed by atoms with Crippen LogP contribution in [0.3, 0.4) is 0 Å². The highest BCUT2D eigenvalue weighted by Gasteiger charge is 2.24. The van der Waals surface area contributed by atoms with E-state index >= 15 is 0 Å². The number of rotatable bonds is 5.